The van der Waals surface area contributed by atoms with Crippen molar-refractivity contribution in [2.75, 3.05) is 7.05 Å². The lowest BCUT2D eigenvalue weighted by Crippen LogP contribution is -2.21. The Labute approximate surface area is 57.4 Å². The smallest absolute Gasteiger partial charge is 0.407 e. The van der Waals surface area contributed by atoms with Crippen molar-refractivity contribution in [3.05, 3.63) is 12.4 Å². The van der Waals surface area contributed by atoms with Gasteiger partial charge in [0.25, 0.3) is 0 Å². The molecule has 1 rings (SSSR count). The summed E-state index contributed by atoms with van der Waals surface area (Å²) in [6.07, 6.45) is 2.39. The maximum Gasteiger partial charge on any atom is 0.412 e. The van der Waals surface area contributed by atoms with Crippen LogP contribution in [0.1, 0.15) is 0 Å². The zero-order valence-electron chi connectivity index (χ0n) is 5.42. The molecule has 0 saturated heterocycles. The number of rotatable bonds is 1. The molecule has 0 atom stereocenters. The summed E-state index contributed by atoms with van der Waals surface area (Å²) in [5.74, 6) is 0.402. The van der Waals surface area contributed by atoms with Crippen molar-refractivity contribution in [3.8, 4) is 5.75 Å². The van der Waals surface area contributed by atoms with Crippen molar-refractivity contribution < 1.29 is 9.53 Å². The summed E-state index contributed by atoms with van der Waals surface area (Å²) in [5, 5.41) is 8.38. The fraction of sp³-hybridized carbons (Fsp3) is 0.200. The molecule has 1 aromatic rings. The van der Waals surface area contributed by atoms with Gasteiger partial charge >= 0.3 is 6.09 Å². The van der Waals surface area contributed by atoms with Gasteiger partial charge in [-0.1, -0.05) is 0 Å². The predicted octanol–water partition coefficient (Wildman–Crippen LogP) is 0.128. The highest BCUT2D eigenvalue weighted by Crippen LogP contribution is 2.03. The van der Waals surface area contributed by atoms with Crippen LogP contribution in [0.3, 0.4) is 0 Å². The van der Waals surface area contributed by atoms with Crippen molar-refractivity contribution in [2.24, 2.45) is 0 Å². The molecule has 2 N–H and O–H groups in total. The number of carbonyl (C=O) groups is 1. The fourth-order valence-corrected chi connectivity index (χ4v) is 0.453. The Morgan fingerprint density at radius 1 is 1.90 bits per heavy atom. The van der Waals surface area contributed by atoms with E-state index in [4.69, 9.17) is 0 Å². The van der Waals surface area contributed by atoms with Crippen molar-refractivity contribution in [2.45, 2.75) is 0 Å². The SMILES string of the molecule is CNC(=O)Oc1cn[nH]c1. The number of hydrogen-bond acceptors (Lipinski definition) is 3. The van der Waals surface area contributed by atoms with Gasteiger partial charge < -0.3 is 10.1 Å². The van der Waals surface area contributed by atoms with Crippen molar-refractivity contribution in [1.29, 1.82) is 0 Å². The Hall–Kier alpha value is -1.52. The van der Waals surface area contributed by atoms with Crippen LogP contribution in [0, 0.1) is 0 Å². The highest BCUT2D eigenvalue weighted by molar-refractivity contribution is 5.69. The predicted molar refractivity (Wildman–Crippen MR) is 33.7 cm³/mol. The molecule has 0 fully saturated rings. The van der Waals surface area contributed by atoms with Gasteiger partial charge in [-0.2, -0.15) is 5.10 Å². The second-order valence-electron chi connectivity index (χ2n) is 1.57. The van der Waals surface area contributed by atoms with Gasteiger partial charge in [0.05, 0.1) is 12.4 Å². The van der Waals surface area contributed by atoms with Crippen LogP contribution in [-0.4, -0.2) is 23.3 Å². The topological polar surface area (TPSA) is 67.0 Å². The Bertz CT molecular complexity index is 207. The Morgan fingerprint density at radius 2 is 2.70 bits per heavy atom. The molecule has 0 aliphatic heterocycles. The molecule has 10 heavy (non-hydrogen) atoms. The summed E-state index contributed by atoms with van der Waals surface area (Å²) in [6.45, 7) is 0. The molecule has 0 saturated carbocycles. The monoisotopic (exact) mass is 141 g/mol. The van der Waals surface area contributed by atoms with Gasteiger partial charge in [0, 0.05) is 7.05 Å². The maximum absolute atomic E-state index is 10.5. The third-order valence-corrected chi connectivity index (χ3v) is 0.888. The van der Waals surface area contributed by atoms with Gasteiger partial charge in [-0.3, -0.25) is 5.10 Å². The summed E-state index contributed by atoms with van der Waals surface area (Å²) < 4.78 is 4.66. The lowest BCUT2D eigenvalue weighted by molar-refractivity contribution is 0.203. The first-order valence-corrected chi connectivity index (χ1v) is 2.71. The number of aromatic nitrogens is 2. The first-order valence-electron chi connectivity index (χ1n) is 2.71. The first kappa shape index (κ1) is 6.60. The van der Waals surface area contributed by atoms with Crippen LogP contribution >= 0.6 is 0 Å². The molecule has 1 amide bonds. The molecule has 0 aliphatic carbocycles. The molecule has 5 heteroatoms. The van der Waals surface area contributed by atoms with Gasteiger partial charge in [-0.05, 0) is 0 Å². The average molecular weight is 141 g/mol. The molecular formula is C5H7N3O2. The zero-order valence-corrected chi connectivity index (χ0v) is 5.42. The van der Waals surface area contributed by atoms with Crippen LogP contribution in [0.15, 0.2) is 12.4 Å². The standard InChI is InChI=1S/C5H7N3O2/c1-6-5(9)10-4-2-7-8-3-4/h2-3H,1H3,(H,6,9)(H,7,8). The van der Waals surface area contributed by atoms with Crippen LogP contribution in [0.5, 0.6) is 5.75 Å². The van der Waals surface area contributed by atoms with Gasteiger partial charge in [0.15, 0.2) is 5.75 Å². The number of nitrogens with zero attached hydrogens (tertiary/aromatic N) is 1. The van der Waals surface area contributed by atoms with Crippen molar-refractivity contribution in [3.63, 3.8) is 0 Å². The number of hydrogen-bond donors (Lipinski definition) is 2. The minimum Gasteiger partial charge on any atom is -0.407 e. The number of amides is 1. The third-order valence-electron chi connectivity index (χ3n) is 0.888. The largest absolute Gasteiger partial charge is 0.412 e. The minimum atomic E-state index is -0.499. The van der Waals surface area contributed by atoms with E-state index in [-0.39, 0.29) is 0 Å². The van der Waals surface area contributed by atoms with Crippen LogP contribution in [-0.2, 0) is 0 Å². The summed E-state index contributed by atoms with van der Waals surface area (Å²) in [5.41, 5.74) is 0. The molecular weight excluding hydrogens is 134 g/mol. The van der Waals surface area contributed by atoms with Crippen LogP contribution in [0.4, 0.5) is 4.79 Å². The lowest BCUT2D eigenvalue weighted by atomic mass is 10.7. The molecule has 54 valence electrons. The highest BCUT2D eigenvalue weighted by atomic mass is 16.6. The zero-order chi connectivity index (χ0) is 7.40. The normalized spacial score (nSPS) is 8.90. The van der Waals surface area contributed by atoms with E-state index in [9.17, 15) is 4.79 Å². The number of H-pyrrole nitrogens is 1. The first-order chi connectivity index (χ1) is 4.83. The third kappa shape index (κ3) is 1.48. The van der Waals surface area contributed by atoms with Crippen molar-refractivity contribution >= 4 is 6.09 Å². The summed E-state index contributed by atoms with van der Waals surface area (Å²) >= 11 is 0. The highest BCUT2D eigenvalue weighted by Gasteiger charge is 1.99. The number of ether oxygens (including phenoxy) is 1. The number of nitrogens with one attached hydrogen (secondary N) is 2. The number of carbonyl (C=O) groups excluding carboxylic acids is 1. The summed E-state index contributed by atoms with van der Waals surface area (Å²) in [6, 6.07) is 0. The van der Waals surface area contributed by atoms with Gasteiger partial charge in [0.1, 0.15) is 0 Å². The quantitative estimate of drug-likeness (QED) is 0.584. The fourth-order valence-electron chi connectivity index (χ4n) is 0.453. The molecule has 0 spiro atoms. The van der Waals surface area contributed by atoms with Gasteiger partial charge in [0.2, 0.25) is 0 Å². The lowest BCUT2D eigenvalue weighted by Gasteiger charge is -1.96. The second-order valence-corrected chi connectivity index (χ2v) is 1.57. The molecule has 5 nitrogen and oxygen atoms in total. The van der Waals surface area contributed by atoms with E-state index in [2.05, 4.69) is 20.3 Å². The Balaban J connectivity index is 2.48. The van der Waals surface area contributed by atoms with Crippen LogP contribution < -0.4 is 10.1 Å². The minimum absolute atomic E-state index is 0.402. The van der Waals surface area contributed by atoms with E-state index in [1.807, 2.05) is 0 Å². The Kier molecular flexibility index (Phi) is 1.89. The van der Waals surface area contributed by atoms with E-state index in [1.165, 1.54) is 19.4 Å². The molecule has 0 bridgehead atoms. The second kappa shape index (κ2) is 2.86. The Morgan fingerprint density at radius 3 is 3.20 bits per heavy atom. The molecule has 1 heterocycles. The van der Waals surface area contributed by atoms with E-state index in [0.717, 1.165) is 0 Å². The van der Waals surface area contributed by atoms with Crippen LogP contribution in [0.25, 0.3) is 0 Å². The van der Waals surface area contributed by atoms with E-state index < -0.39 is 6.09 Å². The molecule has 1 aromatic heterocycles. The average Bonchev–Trinajstić information content (AvgIpc) is 2.40. The molecule has 0 aliphatic rings. The van der Waals surface area contributed by atoms with Gasteiger partial charge in [-0.15, -0.1) is 0 Å². The summed E-state index contributed by atoms with van der Waals surface area (Å²) in [7, 11) is 1.49. The van der Waals surface area contributed by atoms with Crippen LogP contribution in [0.2, 0.25) is 0 Å². The van der Waals surface area contributed by atoms with E-state index >= 15 is 0 Å². The maximum atomic E-state index is 10.5. The van der Waals surface area contributed by atoms with E-state index in [1.54, 1.807) is 0 Å². The summed E-state index contributed by atoms with van der Waals surface area (Å²) in [4.78, 5) is 10.5. The van der Waals surface area contributed by atoms with Gasteiger partial charge in [-0.25, -0.2) is 4.79 Å². The molecule has 0 aromatic carbocycles. The van der Waals surface area contributed by atoms with Crippen molar-refractivity contribution in [1.82, 2.24) is 15.5 Å². The molecule has 0 radical (unpaired) electrons. The molecule has 0 unspecified atom stereocenters. The van der Waals surface area contributed by atoms with E-state index in [0.29, 0.717) is 5.75 Å². The number of aromatic amines is 1.